The molecule has 0 amide bonds. The van der Waals surface area contributed by atoms with Crippen molar-refractivity contribution in [2.45, 2.75) is 6.54 Å². The lowest BCUT2D eigenvalue weighted by molar-refractivity contribution is 0.219. The SMILES string of the molecule is Nc1nc(N2CCN(Cc3cc(-c4cccnc4)no3)CC2)cc(=O)[nH]1. The minimum Gasteiger partial charge on any atom is -0.369 e. The Labute approximate surface area is 149 Å². The van der Waals surface area contributed by atoms with Gasteiger partial charge in [-0.25, -0.2) is 0 Å². The Balaban J connectivity index is 1.37. The van der Waals surface area contributed by atoms with E-state index in [0.717, 1.165) is 43.2 Å². The minimum atomic E-state index is -0.237. The maximum Gasteiger partial charge on any atom is 0.254 e. The van der Waals surface area contributed by atoms with Gasteiger partial charge in [-0.3, -0.25) is 19.7 Å². The third-order valence-electron chi connectivity index (χ3n) is 4.34. The molecule has 0 spiro atoms. The summed E-state index contributed by atoms with van der Waals surface area (Å²) in [4.78, 5) is 26.6. The average molecular weight is 353 g/mol. The van der Waals surface area contributed by atoms with E-state index < -0.39 is 0 Å². The third-order valence-corrected chi connectivity index (χ3v) is 4.34. The molecule has 0 aromatic carbocycles. The lowest BCUT2D eigenvalue weighted by atomic mass is 10.2. The molecule has 0 bridgehead atoms. The predicted octanol–water partition coefficient (Wildman–Crippen LogP) is 0.724. The summed E-state index contributed by atoms with van der Waals surface area (Å²) in [6.45, 7) is 3.87. The number of nitrogens with two attached hydrogens (primary N) is 1. The highest BCUT2D eigenvalue weighted by Gasteiger charge is 2.20. The summed E-state index contributed by atoms with van der Waals surface area (Å²) in [5, 5.41) is 4.12. The van der Waals surface area contributed by atoms with Crippen molar-refractivity contribution in [2.75, 3.05) is 36.8 Å². The number of nitrogen functional groups attached to an aromatic ring is 1. The Kier molecular flexibility index (Phi) is 4.36. The Morgan fingerprint density at radius 3 is 2.81 bits per heavy atom. The zero-order valence-corrected chi connectivity index (χ0v) is 14.1. The Bertz CT molecular complexity index is 930. The van der Waals surface area contributed by atoms with Gasteiger partial charge in [-0.2, -0.15) is 4.98 Å². The summed E-state index contributed by atoms with van der Waals surface area (Å²) >= 11 is 0. The van der Waals surface area contributed by atoms with E-state index in [2.05, 4.69) is 29.9 Å². The van der Waals surface area contributed by atoms with E-state index in [9.17, 15) is 4.79 Å². The van der Waals surface area contributed by atoms with Crippen molar-refractivity contribution in [3.8, 4) is 11.3 Å². The number of aromatic nitrogens is 4. The van der Waals surface area contributed by atoms with Gasteiger partial charge in [0, 0.05) is 56.3 Å². The molecule has 0 radical (unpaired) electrons. The van der Waals surface area contributed by atoms with Crippen molar-refractivity contribution < 1.29 is 4.52 Å². The van der Waals surface area contributed by atoms with Crippen LogP contribution in [0.3, 0.4) is 0 Å². The molecule has 1 saturated heterocycles. The lowest BCUT2D eigenvalue weighted by Crippen LogP contribution is -2.46. The van der Waals surface area contributed by atoms with Crippen LogP contribution in [0.4, 0.5) is 11.8 Å². The van der Waals surface area contributed by atoms with Gasteiger partial charge in [0.05, 0.1) is 6.54 Å². The number of hydrogen-bond donors (Lipinski definition) is 2. The van der Waals surface area contributed by atoms with Crippen LogP contribution in [-0.4, -0.2) is 51.2 Å². The van der Waals surface area contributed by atoms with Crippen LogP contribution in [0.5, 0.6) is 0 Å². The van der Waals surface area contributed by atoms with Crippen LogP contribution >= 0.6 is 0 Å². The number of nitrogens with zero attached hydrogens (tertiary/aromatic N) is 5. The van der Waals surface area contributed by atoms with Crippen molar-refractivity contribution in [1.82, 2.24) is 25.0 Å². The van der Waals surface area contributed by atoms with Gasteiger partial charge in [0.2, 0.25) is 5.95 Å². The van der Waals surface area contributed by atoms with Crippen LogP contribution in [0.1, 0.15) is 5.76 Å². The molecule has 0 aliphatic carbocycles. The van der Waals surface area contributed by atoms with E-state index in [-0.39, 0.29) is 11.5 Å². The molecule has 9 heteroatoms. The van der Waals surface area contributed by atoms with Crippen molar-refractivity contribution in [3.05, 3.63) is 52.8 Å². The van der Waals surface area contributed by atoms with Crippen LogP contribution < -0.4 is 16.2 Å². The fourth-order valence-corrected chi connectivity index (χ4v) is 3.02. The lowest BCUT2D eigenvalue weighted by Gasteiger charge is -2.34. The second-order valence-corrected chi connectivity index (χ2v) is 6.17. The second-order valence-electron chi connectivity index (χ2n) is 6.17. The number of piperazine rings is 1. The fraction of sp³-hybridized carbons (Fsp3) is 0.294. The topological polar surface area (TPSA) is 117 Å². The van der Waals surface area contributed by atoms with Crippen molar-refractivity contribution in [2.24, 2.45) is 0 Å². The first-order valence-corrected chi connectivity index (χ1v) is 8.37. The first-order valence-electron chi connectivity index (χ1n) is 8.37. The molecule has 0 unspecified atom stereocenters. The van der Waals surface area contributed by atoms with E-state index in [1.807, 2.05) is 18.2 Å². The maximum absolute atomic E-state index is 11.5. The normalized spacial score (nSPS) is 15.3. The van der Waals surface area contributed by atoms with Gasteiger partial charge < -0.3 is 15.2 Å². The second kappa shape index (κ2) is 6.96. The molecule has 0 saturated carbocycles. The standard InChI is InChI=1S/C17H19N7O2/c18-17-20-15(9-16(25)21-17)24-6-4-23(5-7-24)11-13-8-14(22-26-13)12-2-1-3-19-10-12/h1-3,8-10H,4-7,11H2,(H3,18,20,21,25). The van der Waals surface area contributed by atoms with Gasteiger partial charge in [-0.05, 0) is 12.1 Å². The van der Waals surface area contributed by atoms with Crippen molar-refractivity contribution >= 4 is 11.8 Å². The van der Waals surface area contributed by atoms with Gasteiger partial charge in [0.15, 0.2) is 5.76 Å². The van der Waals surface area contributed by atoms with E-state index >= 15 is 0 Å². The monoisotopic (exact) mass is 353 g/mol. The molecule has 26 heavy (non-hydrogen) atoms. The van der Waals surface area contributed by atoms with Gasteiger partial charge in [0.1, 0.15) is 11.5 Å². The van der Waals surface area contributed by atoms with Crippen molar-refractivity contribution in [3.63, 3.8) is 0 Å². The number of aromatic amines is 1. The summed E-state index contributed by atoms with van der Waals surface area (Å²) in [5.74, 6) is 1.57. The fourth-order valence-electron chi connectivity index (χ4n) is 3.02. The minimum absolute atomic E-state index is 0.138. The summed E-state index contributed by atoms with van der Waals surface area (Å²) in [7, 11) is 0. The van der Waals surface area contributed by atoms with Crippen LogP contribution in [-0.2, 0) is 6.54 Å². The summed E-state index contributed by atoms with van der Waals surface area (Å²) < 4.78 is 5.46. The van der Waals surface area contributed by atoms with Gasteiger partial charge >= 0.3 is 0 Å². The smallest absolute Gasteiger partial charge is 0.254 e. The van der Waals surface area contributed by atoms with E-state index in [1.165, 1.54) is 6.07 Å². The van der Waals surface area contributed by atoms with Crippen LogP contribution in [0, 0.1) is 0 Å². The molecule has 3 N–H and O–H groups in total. The zero-order valence-electron chi connectivity index (χ0n) is 14.1. The molecular weight excluding hydrogens is 334 g/mol. The van der Waals surface area contributed by atoms with E-state index in [0.29, 0.717) is 12.4 Å². The Morgan fingerprint density at radius 2 is 2.08 bits per heavy atom. The average Bonchev–Trinajstić information content (AvgIpc) is 3.11. The number of nitrogens with one attached hydrogen (secondary N) is 1. The van der Waals surface area contributed by atoms with Crippen molar-refractivity contribution in [1.29, 1.82) is 0 Å². The molecular formula is C17H19N7O2. The van der Waals surface area contributed by atoms with Crippen LogP contribution in [0.15, 0.2) is 46.0 Å². The number of anilines is 2. The Hall–Kier alpha value is -3.20. The molecule has 1 aliphatic heterocycles. The highest BCUT2D eigenvalue weighted by Crippen LogP contribution is 2.19. The Morgan fingerprint density at radius 1 is 1.23 bits per heavy atom. The molecule has 0 atom stereocenters. The summed E-state index contributed by atoms with van der Waals surface area (Å²) in [6, 6.07) is 7.25. The van der Waals surface area contributed by atoms with Crippen LogP contribution in [0.2, 0.25) is 0 Å². The number of H-pyrrole nitrogens is 1. The summed E-state index contributed by atoms with van der Waals surface area (Å²) in [6.07, 6.45) is 3.49. The zero-order chi connectivity index (χ0) is 17.9. The van der Waals surface area contributed by atoms with E-state index in [4.69, 9.17) is 10.3 Å². The first-order chi connectivity index (χ1) is 12.7. The van der Waals surface area contributed by atoms with Gasteiger partial charge in [-0.15, -0.1) is 0 Å². The van der Waals surface area contributed by atoms with Gasteiger partial charge in [0.25, 0.3) is 5.56 Å². The van der Waals surface area contributed by atoms with E-state index in [1.54, 1.807) is 12.4 Å². The largest absolute Gasteiger partial charge is 0.369 e. The molecule has 1 fully saturated rings. The van der Waals surface area contributed by atoms with Gasteiger partial charge in [-0.1, -0.05) is 5.16 Å². The molecule has 1 aliphatic rings. The predicted molar refractivity (Wildman–Crippen MR) is 96.5 cm³/mol. The molecule has 3 aromatic heterocycles. The highest BCUT2D eigenvalue weighted by atomic mass is 16.5. The molecule has 134 valence electrons. The maximum atomic E-state index is 11.5. The quantitative estimate of drug-likeness (QED) is 0.705. The molecule has 3 aromatic rings. The van der Waals surface area contributed by atoms with Crippen LogP contribution in [0.25, 0.3) is 11.3 Å². The first kappa shape index (κ1) is 16.3. The number of pyridine rings is 1. The third kappa shape index (κ3) is 3.57. The summed E-state index contributed by atoms with van der Waals surface area (Å²) in [5.41, 5.74) is 7.10. The molecule has 4 rings (SSSR count). The number of rotatable bonds is 4. The molecule has 9 nitrogen and oxygen atoms in total. The highest BCUT2D eigenvalue weighted by molar-refractivity contribution is 5.57. The number of hydrogen-bond acceptors (Lipinski definition) is 8. The molecule has 4 heterocycles.